The minimum atomic E-state index is 0.651. The van der Waals surface area contributed by atoms with E-state index < -0.39 is 0 Å². The van der Waals surface area contributed by atoms with Crippen molar-refractivity contribution >= 4 is 22.7 Å². The van der Waals surface area contributed by atoms with Gasteiger partial charge in [-0.1, -0.05) is 6.07 Å². The van der Waals surface area contributed by atoms with Crippen LogP contribution in [0.2, 0.25) is 0 Å². The Bertz CT molecular complexity index is 441. The zero-order valence-corrected chi connectivity index (χ0v) is 10.6. The van der Waals surface area contributed by atoms with Gasteiger partial charge in [0, 0.05) is 17.8 Å². The van der Waals surface area contributed by atoms with Crippen LogP contribution in [0.3, 0.4) is 0 Å². The van der Waals surface area contributed by atoms with Crippen LogP contribution < -0.4 is 5.32 Å². The molecule has 0 spiro atoms. The van der Waals surface area contributed by atoms with Crippen molar-refractivity contribution in [2.75, 3.05) is 6.54 Å². The van der Waals surface area contributed by atoms with Crippen LogP contribution >= 0.6 is 22.7 Å². The number of nitrogens with zero attached hydrogens (tertiary/aromatic N) is 1. The molecule has 1 saturated heterocycles. The maximum atomic E-state index is 4.71. The molecular formula is C12H14N2S2. The summed E-state index contributed by atoms with van der Waals surface area (Å²) in [5.74, 6) is 0. The molecule has 1 aliphatic heterocycles. The first kappa shape index (κ1) is 10.4. The lowest BCUT2D eigenvalue weighted by atomic mass is 10.1. The van der Waals surface area contributed by atoms with Gasteiger partial charge in [-0.3, -0.25) is 0 Å². The van der Waals surface area contributed by atoms with Gasteiger partial charge >= 0.3 is 0 Å². The predicted octanol–water partition coefficient (Wildman–Crippen LogP) is 3.17. The molecule has 4 heteroatoms. The van der Waals surface area contributed by atoms with Crippen molar-refractivity contribution in [2.45, 2.75) is 25.3 Å². The average molecular weight is 250 g/mol. The average Bonchev–Trinajstić information content (AvgIpc) is 2.99. The van der Waals surface area contributed by atoms with E-state index in [0.29, 0.717) is 6.04 Å². The van der Waals surface area contributed by atoms with Crippen molar-refractivity contribution in [1.29, 1.82) is 0 Å². The standard InChI is InChI=1S/C12H14N2S2/c1-3-9(13-5-1)7-10-8-16-12(14-10)11-4-2-6-15-11/h2,4,6,8-9,13H,1,3,5,7H2. The molecule has 1 unspecified atom stereocenters. The number of rotatable bonds is 3. The molecule has 2 aromatic heterocycles. The van der Waals surface area contributed by atoms with E-state index in [-0.39, 0.29) is 0 Å². The Morgan fingerprint density at radius 3 is 3.19 bits per heavy atom. The lowest BCUT2D eigenvalue weighted by Gasteiger charge is -2.06. The van der Waals surface area contributed by atoms with Crippen LogP contribution in [0.1, 0.15) is 18.5 Å². The Kier molecular flexibility index (Phi) is 3.04. The van der Waals surface area contributed by atoms with E-state index in [2.05, 4.69) is 28.2 Å². The zero-order valence-electron chi connectivity index (χ0n) is 8.98. The van der Waals surface area contributed by atoms with Gasteiger partial charge in [0.2, 0.25) is 0 Å². The van der Waals surface area contributed by atoms with Gasteiger partial charge in [0.15, 0.2) is 0 Å². The number of hydrogen-bond donors (Lipinski definition) is 1. The van der Waals surface area contributed by atoms with Crippen LogP contribution in [0.4, 0.5) is 0 Å². The van der Waals surface area contributed by atoms with E-state index in [1.807, 2.05) is 0 Å². The summed E-state index contributed by atoms with van der Waals surface area (Å²) in [6.07, 6.45) is 3.69. The van der Waals surface area contributed by atoms with Crippen molar-refractivity contribution in [3.8, 4) is 9.88 Å². The fraction of sp³-hybridized carbons (Fsp3) is 0.417. The highest BCUT2D eigenvalue weighted by Crippen LogP contribution is 2.28. The highest BCUT2D eigenvalue weighted by Gasteiger charge is 2.16. The van der Waals surface area contributed by atoms with Gasteiger partial charge in [-0.05, 0) is 30.8 Å². The summed E-state index contributed by atoms with van der Waals surface area (Å²) in [6, 6.07) is 4.87. The molecule has 2 nitrogen and oxygen atoms in total. The summed E-state index contributed by atoms with van der Waals surface area (Å²) < 4.78 is 0. The van der Waals surface area contributed by atoms with E-state index in [0.717, 1.165) is 6.42 Å². The molecule has 1 N–H and O–H groups in total. The second-order valence-electron chi connectivity index (χ2n) is 4.12. The molecule has 1 atom stereocenters. The van der Waals surface area contributed by atoms with Gasteiger partial charge in [-0.15, -0.1) is 22.7 Å². The normalized spacial score (nSPS) is 20.4. The Morgan fingerprint density at radius 1 is 1.44 bits per heavy atom. The van der Waals surface area contributed by atoms with Crippen LogP contribution in [0.25, 0.3) is 9.88 Å². The molecule has 16 heavy (non-hydrogen) atoms. The quantitative estimate of drug-likeness (QED) is 0.905. The Morgan fingerprint density at radius 2 is 2.44 bits per heavy atom. The Labute approximate surface area is 103 Å². The molecule has 3 rings (SSSR count). The van der Waals surface area contributed by atoms with E-state index in [4.69, 9.17) is 4.98 Å². The van der Waals surface area contributed by atoms with Gasteiger partial charge in [0.1, 0.15) is 5.01 Å². The summed E-state index contributed by atoms with van der Waals surface area (Å²) in [5, 5.41) is 9.00. The molecule has 0 amide bonds. The predicted molar refractivity (Wildman–Crippen MR) is 70.2 cm³/mol. The van der Waals surface area contributed by atoms with Gasteiger partial charge in [-0.25, -0.2) is 4.98 Å². The second-order valence-corrected chi connectivity index (χ2v) is 5.92. The molecule has 1 aliphatic rings. The molecule has 0 aliphatic carbocycles. The maximum absolute atomic E-state index is 4.71. The second kappa shape index (κ2) is 4.65. The first-order valence-electron chi connectivity index (χ1n) is 5.63. The Balaban J connectivity index is 1.72. The highest BCUT2D eigenvalue weighted by atomic mass is 32.1. The molecule has 1 fully saturated rings. The van der Waals surface area contributed by atoms with E-state index >= 15 is 0 Å². The lowest BCUT2D eigenvalue weighted by molar-refractivity contribution is 0.597. The number of thiophene rings is 1. The molecule has 3 heterocycles. The topological polar surface area (TPSA) is 24.9 Å². The molecule has 0 saturated carbocycles. The highest BCUT2D eigenvalue weighted by molar-refractivity contribution is 7.20. The van der Waals surface area contributed by atoms with E-state index in [9.17, 15) is 0 Å². The summed E-state index contributed by atoms with van der Waals surface area (Å²) in [5.41, 5.74) is 1.24. The molecule has 2 aromatic rings. The van der Waals surface area contributed by atoms with E-state index in [1.165, 1.54) is 35.0 Å². The van der Waals surface area contributed by atoms with Crippen LogP contribution in [0, 0.1) is 0 Å². The van der Waals surface area contributed by atoms with Crippen molar-refractivity contribution in [2.24, 2.45) is 0 Å². The molecule has 0 bridgehead atoms. The summed E-state index contributed by atoms with van der Waals surface area (Å²) in [6.45, 7) is 1.17. The molecular weight excluding hydrogens is 236 g/mol. The lowest BCUT2D eigenvalue weighted by Crippen LogP contribution is -2.23. The fourth-order valence-corrected chi connectivity index (χ4v) is 3.74. The first-order valence-corrected chi connectivity index (χ1v) is 7.39. The smallest absolute Gasteiger partial charge is 0.133 e. The fourth-order valence-electron chi connectivity index (χ4n) is 2.10. The minimum absolute atomic E-state index is 0.651. The van der Waals surface area contributed by atoms with Crippen LogP contribution in [-0.2, 0) is 6.42 Å². The summed E-state index contributed by atoms with van der Waals surface area (Å²) >= 11 is 3.53. The third-order valence-corrected chi connectivity index (χ3v) is 4.83. The van der Waals surface area contributed by atoms with Crippen LogP contribution in [0.15, 0.2) is 22.9 Å². The largest absolute Gasteiger partial charge is 0.314 e. The first-order chi connectivity index (χ1) is 7.92. The number of hydrogen-bond acceptors (Lipinski definition) is 4. The monoisotopic (exact) mass is 250 g/mol. The van der Waals surface area contributed by atoms with Crippen molar-refractivity contribution in [3.63, 3.8) is 0 Å². The Hall–Kier alpha value is -0.710. The summed E-state index contributed by atoms with van der Waals surface area (Å²) in [4.78, 5) is 5.99. The molecule has 84 valence electrons. The van der Waals surface area contributed by atoms with Gasteiger partial charge in [0.05, 0.1) is 10.6 Å². The van der Waals surface area contributed by atoms with Crippen LogP contribution in [-0.4, -0.2) is 17.6 Å². The number of nitrogens with one attached hydrogen (secondary N) is 1. The number of aromatic nitrogens is 1. The summed E-state index contributed by atoms with van der Waals surface area (Å²) in [7, 11) is 0. The van der Waals surface area contributed by atoms with Gasteiger partial charge < -0.3 is 5.32 Å². The van der Waals surface area contributed by atoms with Crippen LogP contribution in [0.5, 0.6) is 0 Å². The van der Waals surface area contributed by atoms with E-state index in [1.54, 1.807) is 22.7 Å². The van der Waals surface area contributed by atoms with Gasteiger partial charge in [-0.2, -0.15) is 0 Å². The molecule has 0 radical (unpaired) electrons. The third-order valence-electron chi connectivity index (χ3n) is 2.90. The minimum Gasteiger partial charge on any atom is -0.314 e. The van der Waals surface area contributed by atoms with Crippen molar-refractivity contribution < 1.29 is 0 Å². The maximum Gasteiger partial charge on any atom is 0.133 e. The van der Waals surface area contributed by atoms with Gasteiger partial charge in [0.25, 0.3) is 0 Å². The third kappa shape index (κ3) is 2.19. The molecule has 0 aromatic carbocycles. The SMILES string of the molecule is c1csc(-c2nc(CC3CCCN3)cs2)c1. The van der Waals surface area contributed by atoms with Crippen molar-refractivity contribution in [1.82, 2.24) is 10.3 Å². The number of thiazole rings is 1. The van der Waals surface area contributed by atoms with Crippen molar-refractivity contribution in [3.05, 3.63) is 28.6 Å². The zero-order chi connectivity index (χ0) is 10.8.